The van der Waals surface area contributed by atoms with Crippen LogP contribution in [0.5, 0.6) is 0 Å². The summed E-state index contributed by atoms with van der Waals surface area (Å²) in [5.41, 5.74) is 5.60. The van der Waals surface area contributed by atoms with Crippen LogP contribution in [0.25, 0.3) is 10.9 Å². The first-order valence-electron chi connectivity index (χ1n) is 10.6. The number of fused-ring (bicyclic) bond motifs is 7. The van der Waals surface area contributed by atoms with Gasteiger partial charge in [-0.3, -0.25) is 15.0 Å². The van der Waals surface area contributed by atoms with Crippen molar-refractivity contribution in [2.24, 2.45) is 0 Å². The summed E-state index contributed by atoms with van der Waals surface area (Å²) in [6.07, 6.45) is 5.00. The van der Waals surface area contributed by atoms with Gasteiger partial charge in [0.2, 0.25) is 0 Å². The van der Waals surface area contributed by atoms with Gasteiger partial charge in [0.1, 0.15) is 0 Å². The lowest BCUT2D eigenvalue weighted by molar-refractivity contribution is 0.0977. The summed E-state index contributed by atoms with van der Waals surface area (Å²) in [6, 6.07) is 17.0. The summed E-state index contributed by atoms with van der Waals surface area (Å²) in [7, 11) is 0. The molecule has 0 radical (unpaired) electrons. The second kappa shape index (κ2) is 6.57. The maximum absolute atomic E-state index is 11.2. The van der Waals surface area contributed by atoms with E-state index in [-0.39, 0.29) is 17.1 Å². The zero-order valence-corrected chi connectivity index (χ0v) is 16.3. The van der Waals surface area contributed by atoms with Crippen LogP contribution in [0.4, 0.5) is 5.69 Å². The van der Waals surface area contributed by atoms with Crippen LogP contribution in [0.1, 0.15) is 48.3 Å². The standard InChI is InChI=1S/C23H25N4O2/c28-27(29)16-10-8-15(9-11-16)23-25-13-4-3-7-20(25)22-21-18(12-14-26(22)23)17-5-1-2-6-19(17)24-21/h1-2,5-6,8-11,20,22-24,28H,3-4,7,12-14H2/q-1. The lowest BCUT2D eigenvalue weighted by Crippen LogP contribution is -2.38. The number of rotatable bonds is 2. The van der Waals surface area contributed by atoms with Crippen LogP contribution in [0.3, 0.4) is 0 Å². The van der Waals surface area contributed by atoms with Crippen molar-refractivity contribution in [3.63, 3.8) is 0 Å². The minimum absolute atomic E-state index is 0.0669. The Kier molecular flexibility index (Phi) is 3.96. The summed E-state index contributed by atoms with van der Waals surface area (Å²) in [5.74, 6) is 0. The highest BCUT2D eigenvalue weighted by atomic mass is 16.8. The molecule has 150 valence electrons. The van der Waals surface area contributed by atoms with Crippen molar-refractivity contribution in [2.45, 2.75) is 43.9 Å². The molecule has 2 saturated heterocycles. The number of H-pyrrole nitrogens is 1. The largest absolute Gasteiger partial charge is 0.733 e. The molecule has 4 heterocycles. The van der Waals surface area contributed by atoms with E-state index in [9.17, 15) is 10.4 Å². The van der Waals surface area contributed by atoms with Crippen LogP contribution < -0.4 is 5.23 Å². The van der Waals surface area contributed by atoms with Gasteiger partial charge in [-0.15, -0.1) is 0 Å². The molecular weight excluding hydrogens is 364 g/mol. The zero-order chi connectivity index (χ0) is 19.5. The molecule has 3 atom stereocenters. The third-order valence-corrected chi connectivity index (χ3v) is 7.12. The smallest absolute Gasteiger partial charge is 0.0895 e. The Labute approximate surface area is 169 Å². The van der Waals surface area contributed by atoms with Crippen molar-refractivity contribution in [3.05, 3.63) is 70.6 Å². The quantitative estimate of drug-likeness (QED) is 0.639. The first-order chi connectivity index (χ1) is 14.2. The SMILES string of the molecule is [O-]N(O)c1ccc(C2N3CCCCC3C3c4[nH]c5ccccc5c4CCN32)cc1. The van der Waals surface area contributed by atoms with E-state index in [2.05, 4.69) is 39.0 Å². The number of benzene rings is 2. The molecule has 3 unspecified atom stereocenters. The Hall–Kier alpha value is -2.38. The summed E-state index contributed by atoms with van der Waals surface area (Å²) >= 11 is 0. The first-order valence-corrected chi connectivity index (χ1v) is 10.6. The molecule has 0 saturated carbocycles. The van der Waals surface area contributed by atoms with Crippen molar-refractivity contribution in [2.75, 3.05) is 18.3 Å². The van der Waals surface area contributed by atoms with E-state index < -0.39 is 0 Å². The molecule has 1 aromatic heterocycles. The van der Waals surface area contributed by atoms with Gasteiger partial charge in [0, 0.05) is 35.7 Å². The second-order valence-corrected chi connectivity index (χ2v) is 8.53. The maximum atomic E-state index is 11.2. The molecule has 0 amide bonds. The van der Waals surface area contributed by atoms with E-state index in [0.717, 1.165) is 19.5 Å². The molecule has 6 nitrogen and oxygen atoms in total. The van der Waals surface area contributed by atoms with E-state index in [0.29, 0.717) is 12.1 Å². The highest BCUT2D eigenvalue weighted by molar-refractivity contribution is 5.85. The molecule has 6 rings (SSSR count). The Balaban J connectivity index is 1.45. The van der Waals surface area contributed by atoms with Crippen molar-refractivity contribution in [1.82, 2.24) is 14.8 Å². The average Bonchev–Trinajstić information content (AvgIpc) is 3.29. The molecule has 2 aromatic carbocycles. The molecule has 2 N–H and O–H groups in total. The van der Waals surface area contributed by atoms with Crippen LogP contribution in [0.15, 0.2) is 48.5 Å². The summed E-state index contributed by atoms with van der Waals surface area (Å²) < 4.78 is 0. The topological polar surface area (TPSA) is 68.8 Å². The zero-order valence-electron chi connectivity index (χ0n) is 16.3. The predicted molar refractivity (Wildman–Crippen MR) is 113 cm³/mol. The lowest BCUT2D eigenvalue weighted by Gasteiger charge is -2.35. The van der Waals surface area contributed by atoms with Gasteiger partial charge >= 0.3 is 0 Å². The summed E-state index contributed by atoms with van der Waals surface area (Å²) in [5, 5.41) is 21.7. The Morgan fingerprint density at radius 2 is 1.83 bits per heavy atom. The van der Waals surface area contributed by atoms with Gasteiger partial charge in [0.15, 0.2) is 0 Å². The Morgan fingerprint density at radius 3 is 2.66 bits per heavy atom. The highest BCUT2D eigenvalue weighted by Gasteiger charge is 2.51. The summed E-state index contributed by atoms with van der Waals surface area (Å²) in [4.78, 5) is 9.08. The monoisotopic (exact) mass is 389 g/mol. The number of aromatic nitrogens is 1. The number of nitrogens with zero attached hydrogens (tertiary/aromatic N) is 3. The van der Waals surface area contributed by atoms with Gasteiger partial charge in [-0.05, 0) is 48.6 Å². The fraction of sp³-hybridized carbons (Fsp3) is 0.391. The number of nitrogens with one attached hydrogen (secondary N) is 1. The lowest BCUT2D eigenvalue weighted by atomic mass is 9.90. The van der Waals surface area contributed by atoms with Gasteiger partial charge < -0.3 is 15.4 Å². The molecule has 3 aliphatic heterocycles. The van der Waals surface area contributed by atoms with Crippen molar-refractivity contribution in [3.8, 4) is 0 Å². The van der Waals surface area contributed by atoms with Crippen LogP contribution in [-0.2, 0) is 6.42 Å². The molecule has 3 aromatic rings. The number of aromatic amines is 1. The maximum Gasteiger partial charge on any atom is 0.0895 e. The first kappa shape index (κ1) is 17.5. The molecule has 2 fully saturated rings. The fourth-order valence-corrected chi connectivity index (χ4v) is 5.95. The Morgan fingerprint density at radius 1 is 1.00 bits per heavy atom. The van der Waals surface area contributed by atoms with E-state index in [1.54, 1.807) is 12.1 Å². The van der Waals surface area contributed by atoms with Crippen molar-refractivity contribution < 1.29 is 5.21 Å². The fourth-order valence-electron chi connectivity index (χ4n) is 5.95. The van der Waals surface area contributed by atoms with E-state index in [1.807, 2.05) is 12.1 Å². The highest BCUT2D eigenvalue weighted by Crippen LogP contribution is 2.51. The second-order valence-electron chi connectivity index (χ2n) is 8.53. The minimum Gasteiger partial charge on any atom is -0.733 e. The van der Waals surface area contributed by atoms with Crippen molar-refractivity contribution >= 4 is 16.6 Å². The molecule has 6 heteroatoms. The van der Waals surface area contributed by atoms with Crippen LogP contribution in [0, 0.1) is 5.21 Å². The number of piperidine rings is 1. The number of hydrogen-bond acceptors (Lipinski definition) is 5. The van der Waals surface area contributed by atoms with E-state index in [4.69, 9.17) is 0 Å². The predicted octanol–water partition coefficient (Wildman–Crippen LogP) is 4.33. The van der Waals surface area contributed by atoms with Crippen LogP contribution in [0.2, 0.25) is 0 Å². The molecule has 0 spiro atoms. The van der Waals surface area contributed by atoms with Crippen molar-refractivity contribution in [1.29, 1.82) is 0 Å². The van der Waals surface area contributed by atoms with E-state index >= 15 is 0 Å². The molecular formula is C23H25N4O2-. The molecule has 0 aliphatic carbocycles. The van der Waals surface area contributed by atoms with Crippen LogP contribution in [-0.4, -0.2) is 39.1 Å². The molecule has 29 heavy (non-hydrogen) atoms. The van der Waals surface area contributed by atoms with Crippen LogP contribution >= 0.6 is 0 Å². The molecule has 3 aliphatic rings. The number of para-hydroxylation sites is 1. The minimum atomic E-state index is -0.0669. The van der Waals surface area contributed by atoms with Gasteiger partial charge in [0.25, 0.3) is 0 Å². The number of hydrogen-bond donors (Lipinski definition) is 2. The van der Waals surface area contributed by atoms with Gasteiger partial charge in [0.05, 0.1) is 17.9 Å². The number of anilines is 1. The average molecular weight is 389 g/mol. The van der Waals surface area contributed by atoms with Gasteiger partial charge in [-0.1, -0.05) is 36.8 Å². The summed E-state index contributed by atoms with van der Waals surface area (Å²) in [6.45, 7) is 2.14. The third kappa shape index (κ3) is 2.57. The molecule has 0 bridgehead atoms. The van der Waals surface area contributed by atoms with Gasteiger partial charge in [-0.2, -0.15) is 0 Å². The van der Waals surface area contributed by atoms with E-state index in [1.165, 1.54) is 47.0 Å². The normalized spacial score (nSPS) is 26.9. The Bertz CT molecular complexity index is 1040. The third-order valence-electron chi connectivity index (χ3n) is 7.12. The van der Waals surface area contributed by atoms with Gasteiger partial charge in [-0.25, -0.2) is 0 Å².